The molecule has 8 heteroatoms. The summed E-state index contributed by atoms with van der Waals surface area (Å²) < 4.78 is 1.76. The van der Waals surface area contributed by atoms with Crippen molar-refractivity contribution in [1.29, 1.82) is 0 Å². The minimum atomic E-state index is -0.978. The van der Waals surface area contributed by atoms with E-state index in [0.717, 1.165) is 42.1 Å². The van der Waals surface area contributed by atoms with Gasteiger partial charge in [-0.2, -0.15) is 0 Å². The van der Waals surface area contributed by atoms with Crippen molar-refractivity contribution in [3.63, 3.8) is 0 Å². The summed E-state index contributed by atoms with van der Waals surface area (Å²) >= 11 is 0.857. The number of hydrogen-bond donors (Lipinski definition) is 2. The first-order valence-electron chi connectivity index (χ1n) is 8.45. The molecule has 0 bridgehead atoms. The van der Waals surface area contributed by atoms with E-state index in [0.29, 0.717) is 23.3 Å². The predicted octanol–water partition coefficient (Wildman–Crippen LogP) is 3.10. The summed E-state index contributed by atoms with van der Waals surface area (Å²) in [5, 5.41) is 11.8. The second kappa shape index (κ2) is 6.28. The van der Waals surface area contributed by atoms with Crippen LogP contribution in [0.3, 0.4) is 0 Å². The molecule has 26 heavy (non-hydrogen) atoms. The first kappa shape index (κ1) is 16.8. The molecule has 1 saturated carbocycles. The number of hydrogen-bond acceptors (Lipinski definition) is 5. The maximum Gasteiger partial charge on any atom is 0.329 e. The summed E-state index contributed by atoms with van der Waals surface area (Å²) in [6.07, 6.45) is 7.16. The molecule has 7 nitrogen and oxygen atoms in total. The second-order valence-electron chi connectivity index (χ2n) is 6.61. The number of carboxylic acid groups (broad SMARTS) is 1. The number of carbonyl (C=O) groups excluding carboxylic acids is 2. The summed E-state index contributed by atoms with van der Waals surface area (Å²) in [5.41, 5.74) is 1.17. The molecular formula is C18H17N3O4S. The SMILES string of the molecule is O=C1NC(=O)C(=Cc2ccc3ncn(C4(C(=O)O)CCCCC4)c3c2)S1. The number of thioether (sulfide) groups is 1. The average molecular weight is 371 g/mol. The maximum atomic E-state index is 12.1. The van der Waals surface area contributed by atoms with E-state index in [9.17, 15) is 19.5 Å². The van der Waals surface area contributed by atoms with Crippen LogP contribution < -0.4 is 5.32 Å². The number of aliphatic carboxylic acids is 1. The Balaban J connectivity index is 1.80. The summed E-state index contributed by atoms with van der Waals surface area (Å²) in [4.78, 5) is 39.8. The largest absolute Gasteiger partial charge is 0.479 e. The predicted molar refractivity (Wildman–Crippen MR) is 97.5 cm³/mol. The van der Waals surface area contributed by atoms with Crippen LogP contribution in [-0.4, -0.2) is 31.8 Å². The fourth-order valence-electron chi connectivity index (χ4n) is 3.72. The van der Waals surface area contributed by atoms with Gasteiger partial charge in [-0.25, -0.2) is 9.78 Å². The zero-order valence-electron chi connectivity index (χ0n) is 13.9. The molecule has 0 unspecified atom stereocenters. The summed E-state index contributed by atoms with van der Waals surface area (Å²) in [6.45, 7) is 0. The van der Waals surface area contributed by atoms with Gasteiger partial charge in [0.15, 0.2) is 0 Å². The van der Waals surface area contributed by atoms with Crippen molar-refractivity contribution in [2.75, 3.05) is 0 Å². The van der Waals surface area contributed by atoms with E-state index in [2.05, 4.69) is 10.3 Å². The summed E-state index contributed by atoms with van der Waals surface area (Å²) in [5.74, 6) is -1.25. The molecule has 1 aliphatic heterocycles. The van der Waals surface area contributed by atoms with Crippen LogP contribution in [0.25, 0.3) is 17.1 Å². The molecule has 0 spiro atoms. The lowest BCUT2D eigenvalue weighted by Gasteiger charge is -2.35. The topological polar surface area (TPSA) is 101 Å². The van der Waals surface area contributed by atoms with Gasteiger partial charge in [0.2, 0.25) is 0 Å². The van der Waals surface area contributed by atoms with Crippen molar-refractivity contribution in [1.82, 2.24) is 14.9 Å². The van der Waals surface area contributed by atoms with E-state index in [1.807, 2.05) is 6.07 Å². The number of nitrogens with one attached hydrogen (secondary N) is 1. The van der Waals surface area contributed by atoms with E-state index in [4.69, 9.17) is 0 Å². The van der Waals surface area contributed by atoms with Gasteiger partial charge in [-0.05, 0) is 48.4 Å². The molecule has 1 saturated heterocycles. The molecular weight excluding hydrogens is 354 g/mol. The Morgan fingerprint density at radius 3 is 2.69 bits per heavy atom. The highest BCUT2D eigenvalue weighted by atomic mass is 32.2. The number of fused-ring (bicyclic) bond motifs is 1. The maximum absolute atomic E-state index is 12.1. The molecule has 2 fully saturated rings. The molecule has 4 rings (SSSR count). The van der Waals surface area contributed by atoms with Gasteiger partial charge < -0.3 is 9.67 Å². The fourth-order valence-corrected chi connectivity index (χ4v) is 4.40. The molecule has 0 radical (unpaired) electrons. The third kappa shape index (κ3) is 2.70. The Morgan fingerprint density at radius 1 is 1.27 bits per heavy atom. The molecule has 0 atom stereocenters. The van der Waals surface area contributed by atoms with Gasteiger partial charge in [-0.15, -0.1) is 0 Å². The Morgan fingerprint density at radius 2 is 2.04 bits per heavy atom. The average Bonchev–Trinajstić information content (AvgIpc) is 3.18. The summed E-state index contributed by atoms with van der Waals surface area (Å²) in [7, 11) is 0. The van der Waals surface area contributed by atoms with Crippen molar-refractivity contribution >= 4 is 46.0 Å². The van der Waals surface area contributed by atoms with Crippen LogP contribution in [0.2, 0.25) is 0 Å². The van der Waals surface area contributed by atoms with Gasteiger partial charge in [0.05, 0.1) is 22.3 Å². The minimum Gasteiger partial charge on any atom is -0.479 e. The Hall–Kier alpha value is -2.61. The molecule has 2 aliphatic rings. The Kier molecular flexibility index (Phi) is 4.07. The standard InChI is InChI=1S/C18H17N3O4S/c22-15-14(26-17(25)20-15)9-11-4-5-12-13(8-11)21(10-19-12)18(16(23)24)6-2-1-3-7-18/h4-5,8-10H,1-3,6-7H2,(H,23,24)(H,20,22,25). The minimum absolute atomic E-state index is 0.325. The summed E-state index contributed by atoms with van der Waals surface area (Å²) in [6, 6.07) is 5.43. The van der Waals surface area contributed by atoms with Crippen LogP contribution in [-0.2, 0) is 15.1 Å². The lowest BCUT2D eigenvalue weighted by Crippen LogP contribution is -2.43. The van der Waals surface area contributed by atoms with E-state index < -0.39 is 17.4 Å². The van der Waals surface area contributed by atoms with Crippen LogP contribution in [0, 0.1) is 0 Å². The van der Waals surface area contributed by atoms with Gasteiger partial charge in [-0.1, -0.05) is 25.3 Å². The van der Waals surface area contributed by atoms with Crippen molar-refractivity contribution in [2.24, 2.45) is 0 Å². The monoisotopic (exact) mass is 371 g/mol. The van der Waals surface area contributed by atoms with Gasteiger partial charge in [0, 0.05) is 0 Å². The number of carboxylic acids is 1. The molecule has 134 valence electrons. The van der Waals surface area contributed by atoms with Crippen LogP contribution >= 0.6 is 11.8 Å². The number of imidazole rings is 1. The lowest BCUT2D eigenvalue weighted by atomic mass is 9.81. The van der Waals surface area contributed by atoms with E-state index in [1.165, 1.54) is 0 Å². The van der Waals surface area contributed by atoms with Gasteiger partial charge in [-0.3, -0.25) is 14.9 Å². The van der Waals surface area contributed by atoms with Crippen LogP contribution in [0.15, 0.2) is 29.4 Å². The number of amides is 2. The second-order valence-corrected chi connectivity index (χ2v) is 7.63. The highest BCUT2D eigenvalue weighted by molar-refractivity contribution is 8.18. The lowest BCUT2D eigenvalue weighted by molar-refractivity contribution is -0.149. The molecule has 1 aromatic carbocycles. The number of aromatic nitrogens is 2. The number of imide groups is 1. The highest BCUT2D eigenvalue weighted by Crippen LogP contribution is 2.38. The van der Waals surface area contributed by atoms with Crippen molar-refractivity contribution in [3.8, 4) is 0 Å². The Labute approximate surface area is 153 Å². The van der Waals surface area contributed by atoms with Crippen LogP contribution in [0.5, 0.6) is 0 Å². The molecule has 2 N–H and O–H groups in total. The Bertz CT molecular complexity index is 956. The third-order valence-corrected chi connectivity index (χ3v) is 5.86. The number of nitrogens with zero attached hydrogens (tertiary/aromatic N) is 2. The first-order valence-corrected chi connectivity index (χ1v) is 9.27. The zero-order valence-corrected chi connectivity index (χ0v) is 14.7. The molecule has 2 heterocycles. The number of benzene rings is 1. The molecule has 2 aromatic rings. The zero-order chi connectivity index (χ0) is 18.3. The van der Waals surface area contributed by atoms with Crippen molar-refractivity contribution < 1.29 is 19.5 Å². The fraction of sp³-hybridized carbons (Fsp3) is 0.333. The third-order valence-electron chi connectivity index (χ3n) is 5.05. The van der Waals surface area contributed by atoms with E-state index in [-0.39, 0.29) is 5.24 Å². The molecule has 2 amide bonds. The smallest absolute Gasteiger partial charge is 0.329 e. The van der Waals surface area contributed by atoms with E-state index in [1.54, 1.807) is 29.1 Å². The van der Waals surface area contributed by atoms with Crippen LogP contribution in [0.4, 0.5) is 4.79 Å². The quantitative estimate of drug-likeness (QED) is 0.804. The van der Waals surface area contributed by atoms with Gasteiger partial charge in [0.1, 0.15) is 5.54 Å². The first-order chi connectivity index (χ1) is 12.5. The van der Waals surface area contributed by atoms with Gasteiger partial charge >= 0.3 is 5.97 Å². The van der Waals surface area contributed by atoms with E-state index >= 15 is 0 Å². The molecule has 1 aromatic heterocycles. The number of rotatable bonds is 3. The van der Waals surface area contributed by atoms with Gasteiger partial charge in [0.25, 0.3) is 11.1 Å². The van der Waals surface area contributed by atoms with Crippen molar-refractivity contribution in [3.05, 3.63) is 35.0 Å². The molecule has 1 aliphatic carbocycles. The van der Waals surface area contributed by atoms with Crippen LogP contribution in [0.1, 0.15) is 37.7 Å². The number of carbonyl (C=O) groups is 3. The van der Waals surface area contributed by atoms with Crippen molar-refractivity contribution in [2.45, 2.75) is 37.6 Å². The highest BCUT2D eigenvalue weighted by Gasteiger charge is 2.42. The normalized spacial score (nSPS) is 21.3.